The molecule has 1 N–H and O–H groups in total. The van der Waals surface area contributed by atoms with Gasteiger partial charge in [0.2, 0.25) is 0 Å². The summed E-state index contributed by atoms with van der Waals surface area (Å²) in [6.07, 6.45) is 4.61. The van der Waals surface area contributed by atoms with Crippen LogP contribution in [0.2, 0.25) is 0 Å². The van der Waals surface area contributed by atoms with Gasteiger partial charge in [-0.2, -0.15) is 0 Å². The monoisotopic (exact) mass is 225 g/mol. The third-order valence-corrected chi connectivity index (χ3v) is 3.82. The molecule has 2 rings (SSSR count). The second-order valence-electron chi connectivity index (χ2n) is 4.92. The van der Waals surface area contributed by atoms with Crippen molar-refractivity contribution in [3.8, 4) is 0 Å². The molecule has 1 heterocycles. The van der Waals surface area contributed by atoms with E-state index < -0.39 is 11.9 Å². The lowest BCUT2D eigenvalue weighted by Gasteiger charge is -2.29. The quantitative estimate of drug-likeness (QED) is 0.783. The number of carboxylic acid groups (broad SMARTS) is 1. The number of likely N-dealkylation sites (tertiary alicyclic amines) is 1. The molecule has 1 aliphatic carbocycles. The number of hydrogen-bond acceptors (Lipinski definition) is 3. The Hall–Kier alpha value is -0.900. The second kappa shape index (κ2) is 4.95. The summed E-state index contributed by atoms with van der Waals surface area (Å²) < 4.78 is 0. The summed E-state index contributed by atoms with van der Waals surface area (Å²) >= 11 is 0. The van der Waals surface area contributed by atoms with Crippen LogP contribution in [-0.2, 0) is 9.59 Å². The van der Waals surface area contributed by atoms with Gasteiger partial charge in [0.25, 0.3) is 0 Å². The van der Waals surface area contributed by atoms with Crippen LogP contribution in [0.1, 0.15) is 32.1 Å². The van der Waals surface area contributed by atoms with Crippen molar-refractivity contribution in [1.82, 2.24) is 4.90 Å². The number of carbonyl (C=O) groups excluding carboxylic acids is 1. The summed E-state index contributed by atoms with van der Waals surface area (Å²) in [5.74, 6) is -1.34. The molecule has 0 amide bonds. The minimum absolute atomic E-state index is 0.151. The van der Waals surface area contributed by atoms with Crippen molar-refractivity contribution < 1.29 is 14.7 Å². The highest BCUT2D eigenvalue weighted by Crippen LogP contribution is 2.30. The maximum atomic E-state index is 11.7. The minimum Gasteiger partial charge on any atom is -0.481 e. The number of rotatable bonds is 3. The third-order valence-electron chi connectivity index (χ3n) is 3.82. The molecule has 1 saturated carbocycles. The first-order valence-electron chi connectivity index (χ1n) is 6.16. The summed E-state index contributed by atoms with van der Waals surface area (Å²) in [5, 5.41) is 9.06. The summed E-state index contributed by atoms with van der Waals surface area (Å²) in [5.41, 5.74) is 0. The Bertz CT molecular complexity index is 284. The summed E-state index contributed by atoms with van der Waals surface area (Å²) in [6.45, 7) is 2.71. The van der Waals surface area contributed by atoms with E-state index in [2.05, 4.69) is 4.90 Å². The molecule has 1 saturated heterocycles. The molecular formula is C12H19NO3. The van der Waals surface area contributed by atoms with Gasteiger partial charge < -0.3 is 10.0 Å². The molecule has 90 valence electrons. The largest absolute Gasteiger partial charge is 0.481 e. The van der Waals surface area contributed by atoms with Gasteiger partial charge >= 0.3 is 5.97 Å². The number of ketones is 1. The van der Waals surface area contributed by atoms with E-state index in [0.717, 1.165) is 13.1 Å². The van der Waals surface area contributed by atoms with Gasteiger partial charge in [0, 0.05) is 18.9 Å². The average molecular weight is 225 g/mol. The number of aliphatic carboxylic acids is 1. The maximum absolute atomic E-state index is 11.7. The van der Waals surface area contributed by atoms with Crippen LogP contribution in [0.15, 0.2) is 0 Å². The van der Waals surface area contributed by atoms with Crippen LogP contribution in [0.25, 0.3) is 0 Å². The van der Waals surface area contributed by atoms with Gasteiger partial charge in [0.15, 0.2) is 0 Å². The van der Waals surface area contributed by atoms with Gasteiger partial charge in [-0.1, -0.05) is 6.42 Å². The zero-order valence-corrected chi connectivity index (χ0v) is 9.52. The molecule has 0 aromatic heterocycles. The van der Waals surface area contributed by atoms with Crippen molar-refractivity contribution in [2.75, 3.05) is 19.6 Å². The number of carboxylic acids is 1. The highest BCUT2D eigenvalue weighted by atomic mass is 16.4. The first kappa shape index (κ1) is 11.6. The molecule has 0 unspecified atom stereocenters. The van der Waals surface area contributed by atoms with Crippen LogP contribution in [-0.4, -0.2) is 41.4 Å². The zero-order chi connectivity index (χ0) is 11.5. The van der Waals surface area contributed by atoms with Gasteiger partial charge in [-0.05, 0) is 32.4 Å². The Balaban J connectivity index is 1.95. The third kappa shape index (κ3) is 2.43. The lowest BCUT2D eigenvalue weighted by molar-refractivity contribution is -0.144. The van der Waals surface area contributed by atoms with E-state index in [1.54, 1.807) is 0 Å². The Morgan fingerprint density at radius 1 is 1.31 bits per heavy atom. The van der Waals surface area contributed by atoms with E-state index >= 15 is 0 Å². The normalized spacial score (nSPS) is 31.9. The molecule has 4 heteroatoms. The second-order valence-corrected chi connectivity index (χ2v) is 4.92. The van der Waals surface area contributed by atoms with Gasteiger partial charge in [-0.25, -0.2) is 0 Å². The standard InChI is InChI=1S/C12H19NO3/c14-11-5-4-9(12(15)16)10(11)8-13-6-2-1-3-7-13/h9-10H,1-8H2,(H,15,16)/t9-,10+/m1/s1. The van der Waals surface area contributed by atoms with Crippen LogP contribution in [0, 0.1) is 11.8 Å². The fraction of sp³-hybridized carbons (Fsp3) is 0.833. The number of piperidine rings is 1. The molecule has 0 aromatic rings. The predicted octanol–water partition coefficient (Wildman–Crippen LogP) is 1.15. The Morgan fingerprint density at radius 2 is 2.00 bits per heavy atom. The molecule has 0 aromatic carbocycles. The molecule has 2 fully saturated rings. The molecular weight excluding hydrogens is 206 g/mol. The number of hydrogen-bond donors (Lipinski definition) is 1. The van der Waals surface area contributed by atoms with Crippen molar-refractivity contribution >= 4 is 11.8 Å². The molecule has 2 aliphatic rings. The fourth-order valence-corrected chi connectivity index (χ4v) is 2.85. The Labute approximate surface area is 95.6 Å². The highest BCUT2D eigenvalue weighted by molar-refractivity contribution is 5.89. The van der Waals surface area contributed by atoms with Gasteiger partial charge in [-0.15, -0.1) is 0 Å². The van der Waals surface area contributed by atoms with E-state index in [1.807, 2.05) is 0 Å². The average Bonchev–Trinajstić information content (AvgIpc) is 2.62. The lowest BCUT2D eigenvalue weighted by atomic mass is 9.94. The maximum Gasteiger partial charge on any atom is 0.307 e. The van der Waals surface area contributed by atoms with Crippen molar-refractivity contribution in [3.05, 3.63) is 0 Å². The van der Waals surface area contributed by atoms with Crippen molar-refractivity contribution in [1.29, 1.82) is 0 Å². The smallest absolute Gasteiger partial charge is 0.307 e. The molecule has 16 heavy (non-hydrogen) atoms. The van der Waals surface area contributed by atoms with Crippen LogP contribution in [0.3, 0.4) is 0 Å². The van der Waals surface area contributed by atoms with E-state index in [9.17, 15) is 9.59 Å². The Kier molecular flexibility index (Phi) is 3.59. The van der Waals surface area contributed by atoms with Crippen molar-refractivity contribution in [2.45, 2.75) is 32.1 Å². The topological polar surface area (TPSA) is 57.6 Å². The molecule has 1 aliphatic heterocycles. The number of nitrogens with zero attached hydrogens (tertiary/aromatic N) is 1. The van der Waals surface area contributed by atoms with Gasteiger partial charge in [0.1, 0.15) is 5.78 Å². The Morgan fingerprint density at radius 3 is 2.62 bits per heavy atom. The van der Waals surface area contributed by atoms with Crippen LogP contribution < -0.4 is 0 Å². The molecule has 2 atom stereocenters. The molecule has 0 radical (unpaired) electrons. The summed E-state index contributed by atoms with van der Waals surface area (Å²) in [4.78, 5) is 25.0. The van der Waals surface area contributed by atoms with Crippen molar-refractivity contribution in [2.24, 2.45) is 11.8 Å². The highest BCUT2D eigenvalue weighted by Gasteiger charge is 2.40. The van der Waals surface area contributed by atoms with Crippen LogP contribution in [0.5, 0.6) is 0 Å². The number of Topliss-reactive ketones (excluding diaryl/α,β-unsaturated/α-hetero) is 1. The summed E-state index contributed by atoms with van der Waals surface area (Å²) in [7, 11) is 0. The molecule has 0 spiro atoms. The van der Waals surface area contributed by atoms with E-state index in [-0.39, 0.29) is 11.7 Å². The molecule has 0 bridgehead atoms. The molecule has 4 nitrogen and oxygen atoms in total. The van der Waals surface area contributed by atoms with E-state index in [4.69, 9.17) is 5.11 Å². The van der Waals surface area contributed by atoms with Gasteiger partial charge in [-0.3, -0.25) is 9.59 Å². The lowest BCUT2D eigenvalue weighted by Crippen LogP contribution is -2.38. The first-order valence-corrected chi connectivity index (χ1v) is 6.16. The van der Waals surface area contributed by atoms with E-state index in [0.29, 0.717) is 19.4 Å². The fourth-order valence-electron chi connectivity index (χ4n) is 2.85. The van der Waals surface area contributed by atoms with Crippen molar-refractivity contribution in [3.63, 3.8) is 0 Å². The van der Waals surface area contributed by atoms with Crippen LogP contribution in [0.4, 0.5) is 0 Å². The van der Waals surface area contributed by atoms with Gasteiger partial charge in [0.05, 0.1) is 5.92 Å². The predicted molar refractivity (Wildman–Crippen MR) is 59.1 cm³/mol. The zero-order valence-electron chi connectivity index (χ0n) is 9.52. The van der Waals surface area contributed by atoms with Crippen LogP contribution >= 0.6 is 0 Å². The number of carbonyl (C=O) groups is 2. The first-order chi connectivity index (χ1) is 7.68. The summed E-state index contributed by atoms with van der Waals surface area (Å²) in [6, 6.07) is 0. The van der Waals surface area contributed by atoms with E-state index in [1.165, 1.54) is 19.3 Å². The minimum atomic E-state index is -0.798. The SMILES string of the molecule is O=C1CC[C@@H](C(=O)O)[C@@H]1CN1CCCCC1.